The summed E-state index contributed by atoms with van der Waals surface area (Å²) in [5, 5.41) is 12.1. The van der Waals surface area contributed by atoms with Crippen molar-refractivity contribution in [3.05, 3.63) is 11.8 Å². The summed E-state index contributed by atoms with van der Waals surface area (Å²) in [6.07, 6.45) is 8.23. The molecule has 3 rings (SSSR count). The highest BCUT2D eigenvalue weighted by Gasteiger charge is 2.29. The van der Waals surface area contributed by atoms with Crippen molar-refractivity contribution >= 4 is 11.8 Å². The minimum atomic E-state index is 0.244. The average Bonchev–Trinajstić information content (AvgIpc) is 3.16. The molecular formula is C15H22N6. The molecule has 1 aliphatic heterocycles. The third kappa shape index (κ3) is 3.24. The number of hydrogen-bond acceptors (Lipinski definition) is 6. The molecule has 1 saturated carbocycles. The predicted octanol–water partition coefficient (Wildman–Crippen LogP) is 1.61. The molecule has 0 bridgehead atoms. The molecule has 6 heteroatoms. The van der Waals surface area contributed by atoms with Crippen LogP contribution < -0.4 is 11.1 Å². The Morgan fingerprint density at radius 1 is 1.38 bits per heavy atom. The van der Waals surface area contributed by atoms with Gasteiger partial charge in [0.2, 0.25) is 5.95 Å². The van der Waals surface area contributed by atoms with E-state index in [2.05, 4.69) is 20.2 Å². The van der Waals surface area contributed by atoms with Crippen molar-refractivity contribution in [1.29, 1.82) is 5.26 Å². The fourth-order valence-corrected chi connectivity index (χ4v) is 3.43. The molecule has 2 aliphatic rings. The van der Waals surface area contributed by atoms with Gasteiger partial charge in [-0.1, -0.05) is 12.8 Å². The topological polar surface area (TPSA) is 90.9 Å². The van der Waals surface area contributed by atoms with Crippen LogP contribution in [0.15, 0.2) is 6.20 Å². The standard InChI is InChI=1S/C15H22N6/c16-7-12-9-19-15(20-14(12)17)18-8-11-5-6-21(10-11)13-3-1-2-4-13/h9,11,13H,1-6,8,10H2,(H3,17,18,19,20)/t11-/m0/s1. The van der Waals surface area contributed by atoms with Crippen LogP contribution in [0, 0.1) is 17.2 Å². The summed E-state index contributed by atoms with van der Waals surface area (Å²) in [6, 6.07) is 2.79. The summed E-state index contributed by atoms with van der Waals surface area (Å²) < 4.78 is 0. The molecule has 21 heavy (non-hydrogen) atoms. The summed E-state index contributed by atoms with van der Waals surface area (Å²) in [4.78, 5) is 10.9. The summed E-state index contributed by atoms with van der Waals surface area (Å²) in [7, 11) is 0. The van der Waals surface area contributed by atoms with Gasteiger partial charge in [0, 0.05) is 19.1 Å². The number of hydrogen-bond donors (Lipinski definition) is 2. The zero-order valence-electron chi connectivity index (χ0n) is 12.3. The van der Waals surface area contributed by atoms with Gasteiger partial charge in [0.05, 0.1) is 6.20 Å². The van der Waals surface area contributed by atoms with Crippen molar-refractivity contribution in [3.63, 3.8) is 0 Å². The van der Waals surface area contributed by atoms with Gasteiger partial charge in [-0.2, -0.15) is 10.2 Å². The van der Waals surface area contributed by atoms with E-state index >= 15 is 0 Å². The summed E-state index contributed by atoms with van der Waals surface area (Å²) in [5.41, 5.74) is 6.03. The Balaban J connectivity index is 1.49. The van der Waals surface area contributed by atoms with Crippen molar-refractivity contribution in [2.45, 2.75) is 38.1 Å². The molecule has 112 valence electrons. The minimum absolute atomic E-state index is 0.244. The van der Waals surface area contributed by atoms with Crippen LogP contribution in [-0.2, 0) is 0 Å². The van der Waals surface area contributed by atoms with Crippen LogP contribution in [0.25, 0.3) is 0 Å². The first kappa shape index (κ1) is 14.1. The number of nitrogen functional groups attached to an aromatic ring is 1. The fourth-order valence-electron chi connectivity index (χ4n) is 3.43. The lowest BCUT2D eigenvalue weighted by Gasteiger charge is -2.23. The Morgan fingerprint density at radius 2 is 2.19 bits per heavy atom. The number of nitrogens with zero attached hydrogens (tertiary/aromatic N) is 4. The van der Waals surface area contributed by atoms with Gasteiger partial charge in [0.25, 0.3) is 0 Å². The molecule has 3 N–H and O–H groups in total. The molecule has 6 nitrogen and oxygen atoms in total. The summed E-state index contributed by atoms with van der Waals surface area (Å²) in [5.74, 6) is 1.41. The predicted molar refractivity (Wildman–Crippen MR) is 81.6 cm³/mol. The number of aromatic nitrogens is 2. The van der Waals surface area contributed by atoms with E-state index in [-0.39, 0.29) is 5.82 Å². The SMILES string of the molecule is N#Cc1cnc(NC[C@@H]2CCN(C3CCCC3)C2)nc1N. The lowest BCUT2D eigenvalue weighted by atomic mass is 10.1. The number of nitrogens with two attached hydrogens (primary N) is 1. The molecule has 1 atom stereocenters. The van der Waals surface area contributed by atoms with Crippen molar-refractivity contribution in [1.82, 2.24) is 14.9 Å². The largest absolute Gasteiger partial charge is 0.382 e. The number of nitriles is 1. The van der Waals surface area contributed by atoms with Crippen molar-refractivity contribution < 1.29 is 0 Å². The zero-order valence-corrected chi connectivity index (χ0v) is 12.3. The van der Waals surface area contributed by atoms with Gasteiger partial charge in [-0.05, 0) is 31.7 Å². The molecule has 0 radical (unpaired) electrons. The number of rotatable bonds is 4. The molecule has 1 aromatic rings. The molecule has 1 saturated heterocycles. The maximum absolute atomic E-state index is 8.81. The Bertz CT molecular complexity index is 531. The van der Waals surface area contributed by atoms with E-state index in [4.69, 9.17) is 11.0 Å². The molecule has 1 aromatic heterocycles. The second-order valence-corrected chi connectivity index (χ2v) is 6.07. The van der Waals surface area contributed by atoms with Gasteiger partial charge in [-0.25, -0.2) is 4.98 Å². The second-order valence-electron chi connectivity index (χ2n) is 6.07. The first-order chi connectivity index (χ1) is 10.3. The van der Waals surface area contributed by atoms with Gasteiger partial charge in [-0.3, -0.25) is 0 Å². The molecule has 0 amide bonds. The van der Waals surface area contributed by atoms with Crippen LogP contribution >= 0.6 is 0 Å². The van der Waals surface area contributed by atoms with Gasteiger partial charge in [0.1, 0.15) is 17.5 Å². The minimum Gasteiger partial charge on any atom is -0.382 e. The lowest BCUT2D eigenvalue weighted by molar-refractivity contribution is 0.238. The van der Waals surface area contributed by atoms with Gasteiger partial charge in [-0.15, -0.1) is 0 Å². The van der Waals surface area contributed by atoms with Gasteiger partial charge < -0.3 is 16.0 Å². The van der Waals surface area contributed by atoms with Gasteiger partial charge >= 0.3 is 0 Å². The van der Waals surface area contributed by atoms with Crippen LogP contribution in [0.4, 0.5) is 11.8 Å². The van der Waals surface area contributed by atoms with E-state index in [1.165, 1.54) is 51.4 Å². The molecule has 0 unspecified atom stereocenters. The highest BCUT2D eigenvalue weighted by molar-refractivity contribution is 5.49. The molecule has 0 aromatic carbocycles. The van der Waals surface area contributed by atoms with Crippen LogP contribution in [0.2, 0.25) is 0 Å². The third-order valence-corrected chi connectivity index (χ3v) is 4.65. The van der Waals surface area contributed by atoms with Crippen molar-refractivity contribution in [2.75, 3.05) is 30.7 Å². The molecule has 1 aliphatic carbocycles. The van der Waals surface area contributed by atoms with Crippen LogP contribution in [0.1, 0.15) is 37.7 Å². The normalized spacial score (nSPS) is 23.3. The molecule has 2 heterocycles. The lowest BCUT2D eigenvalue weighted by Crippen LogP contribution is -2.31. The summed E-state index contributed by atoms with van der Waals surface area (Å²) in [6.45, 7) is 3.26. The molecule has 2 fully saturated rings. The van der Waals surface area contributed by atoms with Crippen LogP contribution in [-0.4, -0.2) is 40.5 Å². The van der Waals surface area contributed by atoms with E-state index in [9.17, 15) is 0 Å². The molecular weight excluding hydrogens is 264 g/mol. The second kappa shape index (κ2) is 6.27. The fraction of sp³-hybridized carbons (Fsp3) is 0.667. The smallest absolute Gasteiger partial charge is 0.224 e. The Morgan fingerprint density at radius 3 is 2.90 bits per heavy atom. The van der Waals surface area contributed by atoms with E-state index in [1.54, 1.807) is 0 Å². The number of nitrogens with one attached hydrogen (secondary N) is 1. The quantitative estimate of drug-likeness (QED) is 0.873. The first-order valence-corrected chi connectivity index (χ1v) is 7.77. The summed E-state index contributed by atoms with van der Waals surface area (Å²) >= 11 is 0. The Hall–Kier alpha value is -1.87. The maximum atomic E-state index is 8.81. The third-order valence-electron chi connectivity index (χ3n) is 4.65. The highest BCUT2D eigenvalue weighted by atomic mass is 15.2. The van der Waals surface area contributed by atoms with E-state index in [0.717, 1.165) is 12.6 Å². The van der Waals surface area contributed by atoms with Crippen LogP contribution in [0.3, 0.4) is 0 Å². The van der Waals surface area contributed by atoms with E-state index in [1.807, 2.05) is 6.07 Å². The van der Waals surface area contributed by atoms with E-state index < -0.39 is 0 Å². The van der Waals surface area contributed by atoms with Gasteiger partial charge in [0.15, 0.2) is 0 Å². The highest BCUT2D eigenvalue weighted by Crippen LogP contribution is 2.28. The monoisotopic (exact) mass is 286 g/mol. The van der Waals surface area contributed by atoms with Crippen molar-refractivity contribution in [2.24, 2.45) is 5.92 Å². The Kier molecular flexibility index (Phi) is 4.20. The first-order valence-electron chi connectivity index (χ1n) is 7.77. The van der Waals surface area contributed by atoms with Crippen LogP contribution in [0.5, 0.6) is 0 Å². The van der Waals surface area contributed by atoms with Crippen molar-refractivity contribution in [3.8, 4) is 6.07 Å². The average molecular weight is 286 g/mol. The Labute approximate surface area is 125 Å². The maximum Gasteiger partial charge on any atom is 0.224 e. The molecule has 0 spiro atoms. The number of likely N-dealkylation sites (tertiary alicyclic amines) is 1. The zero-order chi connectivity index (χ0) is 14.7. The number of anilines is 2. The van der Waals surface area contributed by atoms with E-state index in [0.29, 0.717) is 17.4 Å².